The molecule has 1 fully saturated rings. The van der Waals surface area contributed by atoms with E-state index in [0.29, 0.717) is 19.0 Å². The number of hydrogen-bond donors (Lipinski definition) is 2. The standard InChI is InChI=1S/C7H15NO.C5H10O2/c1-2-6-3-8-4-7(6)5-9;1-5(2,3)7-4-6/h6-9H,2-5H2,1H3;4H,1-3H3/t6-,7+;/m1./s1. The van der Waals surface area contributed by atoms with Crippen LogP contribution in [-0.4, -0.2) is 36.9 Å². The fourth-order valence-corrected chi connectivity index (χ4v) is 1.62. The van der Waals surface area contributed by atoms with E-state index >= 15 is 0 Å². The van der Waals surface area contributed by atoms with Gasteiger partial charge in [0, 0.05) is 13.2 Å². The Morgan fingerprint density at radius 3 is 2.19 bits per heavy atom. The molecule has 0 aromatic carbocycles. The third kappa shape index (κ3) is 6.80. The van der Waals surface area contributed by atoms with Crippen molar-refractivity contribution in [3.8, 4) is 0 Å². The Balaban J connectivity index is 0.000000293. The molecule has 1 rings (SSSR count). The SMILES string of the molecule is CC(C)(C)OC=O.CC[C@@H]1CNC[C@H]1CO. The highest BCUT2D eigenvalue weighted by molar-refractivity contribution is 5.37. The normalized spacial score (nSPS) is 24.6. The Kier molecular flexibility index (Phi) is 7.34. The molecule has 0 bridgehead atoms. The summed E-state index contributed by atoms with van der Waals surface area (Å²) in [6.07, 6.45) is 1.19. The summed E-state index contributed by atoms with van der Waals surface area (Å²) >= 11 is 0. The van der Waals surface area contributed by atoms with E-state index < -0.39 is 0 Å². The van der Waals surface area contributed by atoms with Crippen molar-refractivity contribution in [1.29, 1.82) is 0 Å². The average Bonchev–Trinajstić information content (AvgIpc) is 2.63. The molecule has 0 radical (unpaired) electrons. The first-order chi connectivity index (χ1) is 7.44. The number of carbonyl (C=O) groups is 1. The van der Waals surface area contributed by atoms with Crippen molar-refractivity contribution in [1.82, 2.24) is 5.32 Å². The third-order valence-electron chi connectivity index (χ3n) is 2.64. The maximum atomic E-state index is 9.60. The van der Waals surface area contributed by atoms with Crippen molar-refractivity contribution in [2.75, 3.05) is 19.7 Å². The molecule has 4 heteroatoms. The molecule has 4 nitrogen and oxygen atoms in total. The second kappa shape index (κ2) is 7.63. The summed E-state index contributed by atoms with van der Waals surface area (Å²) in [4.78, 5) is 9.60. The van der Waals surface area contributed by atoms with Crippen LogP contribution in [0.1, 0.15) is 34.1 Å². The van der Waals surface area contributed by atoms with Crippen molar-refractivity contribution >= 4 is 6.47 Å². The van der Waals surface area contributed by atoms with E-state index in [1.807, 2.05) is 20.8 Å². The zero-order valence-corrected chi connectivity index (χ0v) is 10.8. The molecule has 1 aliphatic rings. The van der Waals surface area contributed by atoms with Gasteiger partial charge in [0.2, 0.25) is 0 Å². The first-order valence-electron chi connectivity index (χ1n) is 5.87. The Morgan fingerprint density at radius 1 is 1.38 bits per heavy atom. The second-order valence-corrected chi connectivity index (χ2v) is 5.10. The van der Waals surface area contributed by atoms with Crippen LogP contribution >= 0.6 is 0 Å². The van der Waals surface area contributed by atoms with Crippen molar-refractivity contribution in [3.63, 3.8) is 0 Å². The quantitative estimate of drug-likeness (QED) is 0.716. The molecule has 16 heavy (non-hydrogen) atoms. The van der Waals surface area contributed by atoms with E-state index in [2.05, 4.69) is 17.0 Å². The molecule has 1 aliphatic heterocycles. The zero-order valence-electron chi connectivity index (χ0n) is 10.8. The van der Waals surface area contributed by atoms with Gasteiger partial charge in [-0.15, -0.1) is 0 Å². The minimum atomic E-state index is -0.318. The van der Waals surface area contributed by atoms with Crippen LogP contribution in [-0.2, 0) is 9.53 Å². The lowest BCUT2D eigenvalue weighted by molar-refractivity contribution is -0.138. The zero-order chi connectivity index (χ0) is 12.6. The summed E-state index contributed by atoms with van der Waals surface area (Å²) in [5, 5.41) is 12.1. The molecule has 0 aromatic heterocycles. The molecule has 2 atom stereocenters. The molecular formula is C12H25NO3. The van der Waals surface area contributed by atoms with Gasteiger partial charge < -0.3 is 15.2 Å². The fourth-order valence-electron chi connectivity index (χ4n) is 1.62. The molecule has 1 heterocycles. The lowest BCUT2D eigenvalue weighted by Crippen LogP contribution is -2.17. The van der Waals surface area contributed by atoms with Gasteiger partial charge in [0.1, 0.15) is 5.60 Å². The number of rotatable bonds is 3. The van der Waals surface area contributed by atoms with Crippen LogP contribution in [0, 0.1) is 11.8 Å². The summed E-state index contributed by atoms with van der Waals surface area (Å²) in [5.74, 6) is 1.24. The minimum absolute atomic E-state index is 0.318. The van der Waals surface area contributed by atoms with E-state index in [0.717, 1.165) is 19.0 Å². The van der Waals surface area contributed by atoms with Gasteiger partial charge in [-0.25, -0.2) is 0 Å². The molecule has 96 valence electrons. The first-order valence-corrected chi connectivity index (χ1v) is 5.87. The van der Waals surface area contributed by atoms with Crippen molar-refractivity contribution in [2.24, 2.45) is 11.8 Å². The summed E-state index contributed by atoms with van der Waals surface area (Å²) in [7, 11) is 0. The van der Waals surface area contributed by atoms with Crippen LogP contribution in [0.2, 0.25) is 0 Å². The predicted molar refractivity (Wildman–Crippen MR) is 64.1 cm³/mol. The van der Waals surface area contributed by atoms with Crippen molar-refractivity contribution < 1.29 is 14.6 Å². The molecule has 1 saturated heterocycles. The Bertz CT molecular complexity index is 179. The molecule has 0 spiro atoms. The molecular weight excluding hydrogens is 206 g/mol. The molecule has 0 amide bonds. The number of hydrogen-bond acceptors (Lipinski definition) is 4. The average molecular weight is 231 g/mol. The van der Waals surface area contributed by atoms with Crippen LogP contribution in [0.5, 0.6) is 0 Å². The highest BCUT2D eigenvalue weighted by Gasteiger charge is 2.23. The summed E-state index contributed by atoms with van der Waals surface area (Å²) in [5.41, 5.74) is -0.318. The predicted octanol–water partition coefficient (Wildman–Crippen LogP) is 1.18. The van der Waals surface area contributed by atoms with Gasteiger partial charge in [-0.1, -0.05) is 13.3 Å². The van der Waals surface area contributed by atoms with Gasteiger partial charge >= 0.3 is 0 Å². The van der Waals surface area contributed by atoms with Gasteiger partial charge in [-0.2, -0.15) is 0 Å². The Labute approximate surface area is 98.4 Å². The molecule has 0 unspecified atom stereocenters. The smallest absolute Gasteiger partial charge is 0.293 e. The number of nitrogens with one attached hydrogen (secondary N) is 1. The molecule has 0 saturated carbocycles. The first kappa shape index (κ1) is 15.4. The number of aliphatic hydroxyl groups is 1. The van der Waals surface area contributed by atoms with Crippen LogP contribution in [0.3, 0.4) is 0 Å². The second-order valence-electron chi connectivity index (χ2n) is 5.10. The summed E-state index contributed by atoms with van der Waals surface area (Å²) in [6.45, 7) is 10.6. The topological polar surface area (TPSA) is 58.6 Å². The van der Waals surface area contributed by atoms with Gasteiger partial charge in [0.15, 0.2) is 0 Å². The lowest BCUT2D eigenvalue weighted by Gasteiger charge is -2.14. The highest BCUT2D eigenvalue weighted by Crippen LogP contribution is 2.18. The maximum absolute atomic E-state index is 9.60. The maximum Gasteiger partial charge on any atom is 0.293 e. The fraction of sp³-hybridized carbons (Fsp3) is 0.917. The molecule has 0 aliphatic carbocycles. The van der Waals surface area contributed by atoms with Crippen LogP contribution < -0.4 is 5.32 Å². The van der Waals surface area contributed by atoms with E-state index in [1.54, 1.807) is 0 Å². The largest absolute Gasteiger partial charge is 0.462 e. The molecule has 0 aromatic rings. The Morgan fingerprint density at radius 2 is 1.94 bits per heavy atom. The van der Waals surface area contributed by atoms with Crippen LogP contribution in [0.4, 0.5) is 0 Å². The number of ether oxygens (including phenoxy) is 1. The monoisotopic (exact) mass is 231 g/mol. The highest BCUT2D eigenvalue weighted by atomic mass is 16.5. The van der Waals surface area contributed by atoms with Gasteiger partial charge in [0.25, 0.3) is 6.47 Å². The van der Waals surface area contributed by atoms with Crippen LogP contribution in [0.25, 0.3) is 0 Å². The van der Waals surface area contributed by atoms with Gasteiger partial charge in [0.05, 0.1) is 0 Å². The van der Waals surface area contributed by atoms with E-state index in [-0.39, 0.29) is 5.60 Å². The van der Waals surface area contributed by atoms with Crippen molar-refractivity contribution in [2.45, 2.75) is 39.7 Å². The number of carbonyl (C=O) groups excluding carboxylic acids is 1. The summed E-state index contributed by atoms with van der Waals surface area (Å²) in [6, 6.07) is 0. The number of aliphatic hydroxyl groups excluding tert-OH is 1. The van der Waals surface area contributed by atoms with Crippen molar-refractivity contribution in [3.05, 3.63) is 0 Å². The van der Waals surface area contributed by atoms with E-state index in [1.165, 1.54) is 6.42 Å². The van der Waals surface area contributed by atoms with E-state index in [4.69, 9.17) is 5.11 Å². The van der Waals surface area contributed by atoms with Gasteiger partial charge in [-0.3, -0.25) is 4.79 Å². The Hall–Kier alpha value is -0.610. The molecule has 2 N–H and O–H groups in total. The third-order valence-corrected chi connectivity index (χ3v) is 2.64. The van der Waals surface area contributed by atoms with Gasteiger partial charge in [-0.05, 0) is 39.2 Å². The minimum Gasteiger partial charge on any atom is -0.462 e. The van der Waals surface area contributed by atoms with Crippen LogP contribution in [0.15, 0.2) is 0 Å². The van der Waals surface area contributed by atoms with E-state index in [9.17, 15) is 4.79 Å². The summed E-state index contributed by atoms with van der Waals surface area (Å²) < 4.78 is 4.55. The lowest BCUT2D eigenvalue weighted by atomic mass is 9.95.